The summed E-state index contributed by atoms with van der Waals surface area (Å²) in [4.78, 5) is 11.0. The Bertz CT molecular complexity index is 235. The molecular weight excluding hydrogens is 154 g/mol. The van der Waals surface area contributed by atoms with Crippen LogP contribution in [0.4, 0.5) is 0 Å². The Hall–Kier alpha value is -0.830. The molecule has 3 heteroatoms. The van der Waals surface area contributed by atoms with Crippen LogP contribution < -0.4 is 5.32 Å². The van der Waals surface area contributed by atoms with Gasteiger partial charge in [-0.1, -0.05) is 5.57 Å². The number of piperidine rings is 1. The van der Waals surface area contributed by atoms with Gasteiger partial charge in [-0.3, -0.25) is 0 Å². The number of fused-ring (bicyclic) bond motifs is 1. The number of esters is 1. The van der Waals surface area contributed by atoms with E-state index in [2.05, 4.69) is 5.32 Å². The summed E-state index contributed by atoms with van der Waals surface area (Å²) in [6, 6.07) is 0. The van der Waals surface area contributed by atoms with Crippen LogP contribution in [0.25, 0.3) is 0 Å². The maximum absolute atomic E-state index is 11.0. The molecule has 66 valence electrons. The molecule has 3 nitrogen and oxygen atoms in total. The van der Waals surface area contributed by atoms with Crippen LogP contribution in [0.15, 0.2) is 11.6 Å². The fourth-order valence-corrected chi connectivity index (χ4v) is 1.91. The monoisotopic (exact) mass is 167 g/mol. The molecule has 2 atom stereocenters. The van der Waals surface area contributed by atoms with Crippen LogP contribution in [-0.4, -0.2) is 25.2 Å². The zero-order valence-corrected chi connectivity index (χ0v) is 7.17. The highest BCUT2D eigenvalue weighted by Crippen LogP contribution is 2.26. The first-order valence-corrected chi connectivity index (χ1v) is 4.37. The second kappa shape index (κ2) is 2.90. The molecule has 1 fully saturated rings. The summed E-state index contributed by atoms with van der Waals surface area (Å²) in [5.74, 6) is 0.243. The largest absolute Gasteiger partial charge is 0.458 e. The molecule has 0 saturated carbocycles. The number of hydrogen-bond acceptors (Lipinski definition) is 3. The zero-order valence-electron chi connectivity index (χ0n) is 7.17. The van der Waals surface area contributed by atoms with Crippen molar-refractivity contribution < 1.29 is 9.53 Å². The first kappa shape index (κ1) is 7.80. The van der Waals surface area contributed by atoms with Crippen molar-refractivity contribution in [2.75, 3.05) is 13.1 Å². The first-order valence-electron chi connectivity index (χ1n) is 4.37. The van der Waals surface area contributed by atoms with Gasteiger partial charge >= 0.3 is 5.97 Å². The van der Waals surface area contributed by atoms with E-state index in [9.17, 15) is 4.79 Å². The van der Waals surface area contributed by atoms with Gasteiger partial charge in [0.15, 0.2) is 0 Å². The lowest BCUT2D eigenvalue weighted by molar-refractivity contribution is -0.148. The van der Waals surface area contributed by atoms with E-state index in [1.165, 1.54) is 0 Å². The van der Waals surface area contributed by atoms with E-state index in [1.54, 1.807) is 6.08 Å². The average molecular weight is 167 g/mol. The maximum atomic E-state index is 11.0. The molecule has 0 aromatic heterocycles. The molecule has 0 bridgehead atoms. The second-order valence-electron chi connectivity index (χ2n) is 3.46. The molecular formula is C9H13NO2. The molecule has 2 aliphatic heterocycles. The van der Waals surface area contributed by atoms with Gasteiger partial charge < -0.3 is 10.1 Å². The van der Waals surface area contributed by atoms with Crippen LogP contribution in [0, 0.1) is 5.92 Å². The summed E-state index contributed by atoms with van der Waals surface area (Å²) in [5, 5.41) is 3.30. The highest BCUT2D eigenvalue weighted by molar-refractivity contribution is 5.84. The molecule has 1 N–H and O–H groups in total. The fourth-order valence-electron chi connectivity index (χ4n) is 1.91. The molecule has 2 rings (SSSR count). The van der Waals surface area contributed by atoms with Gasteiger partial charge in [0.05, 0.1) is 0 Å². The minimum Gasteiger partial charge on any atom is -0.458 e. The van der Waals surface area contributed by atoms with Crippen molar-refractivity contribution in [2.24, 2.45) is 5.92 Å². The van der Waals surface area contributed by atoms with Crippen molar-refractivity contribution in [1.29, 1.82) is 0 Å². The SMILES string of the molecule is CC1=CC(=O)OC2CCNCC12. The van der Waals surface area contributed by atoms with Crippen molar-refractivity contribution in [2.45, 2.75) is 19.4 Å². The van der Waals surface area contributed by atoms with Gasteiger partial charge in [0.25, 0.3) is 0 Å². The number of carbonyl (C=O) groups is 1. The Morgan fingerprint density at radius 1 is 1.67 bits per heavy atom. The second-order valence-corrected chi connectivity index (χ2v) is 3.46. The van der Waals surface area contributed by atoms with E-state index in [4.69, 9.17) is 4.74 Å². The standard InChI is InChI=1S/C9H13NO2/c1-6-4-9(11)12-8-2-3-10-5-7(6)8/h4,7-8,10H,2-3,5H2,1H3. The zero-order chi connectivity index (χ0) is 8.55. The number of nitrogens with one attached hydrogen (secondary N) is 1. The van der Waals surface area contributed by atoms with Crippen LogP contribution in [-0.2, 0) is 9.53 Å². The lowest BCUT2D eigenvalue weighted by Gasteiger charge is -2.34. The summed E-state index contributed by atoms with van der Waals surface area (Å²) in [6.07, 6.45) is 2.68. The van der Waals surface area contributed by atoms with E-state index >= 15 is 0 Å². The highest BCUT2D eigenvalue weighted by atomic mass is 16.5. The number of ether oxygens (including phenoxy) is 1. The Morgan fingerprint density at radius 2 is 2.50 bits per heavy atom. The van der Waals surface area contributed by atoms with E-state index in [0.29, 0.717) is 5.92 Å². The Morgan fingerprint density at radius 3 is 3.33 bits per heavy atom. The van der Waals surface area contributed by atoms with Gasteiger partial charge in [0, 0.05) is 18.5 Å². The van der Waals surface area contributed by atoms with E-state index in [-0.39, 0.29) is 12.1 Å². The molecule has 0 aliphatic carbocycles. The minimum absolute atomic E-state index is 0.128. The molecule has 1 saturated heterocycles. The molecule has 2 heterocycles. The smallest absolute Gasteiger partial charge is 0.330 e. The van der Waals surface area contributed by atoms with E-state index < -0.39 is 0 Å². The normalized spacial score (nSPS) is 35.1. The third-order valence-corrected chi connectivity index (χ3v) is 2.62. The van der Waals surface area contributed by atoms with E-state index in [0.717, 1.165) is 25.1 Å². The molecule has 2 unspecified atom stereocenters. The van der Waals surface area contributed by atoms with Crippen molar-refractivity contribution in [3.63, 3.8) is 0 Å². The summed E-state index contributed by atoms with van der Waals surface area (Å²) >= 11 is 0. The average Bonchev–Trinajstić information content (AvgIpc) is 2.04. The van der Waals surface area contributed by atoms with E-state index in [1.807, 2.05) is 6.92 Å². The Kier molecular flexibility index (Phi) is 1.89. The Balaban J connectivity index is 2.19. The molecule has 2 aliphatic rings. The van der Waals surface area contributed by atoms with Gasteiger partial charge in [-0.05, 0) is 19.9 Å². The predicted octanol–water partition coefficient (Wildman–Crippen LogP) is 0.468. The fraction of sp³-hybridized carbons (Fsp3) is 0.667. The van der Waals surface area contributed by atoms with Gasteiger partial charge in [-0.25, -0.2) is 4.79 Å². The van der Waals surface area contributed by atoms with Gasteiger partial charge in [0.2, 0.25) is 0 Å². The third kappa shape index (κ3) is 1.25. The summed E-state index contributed by atoms with van der Waals surface area (Å²) in [6.45, 7) is 3.91. The van der Waals surface area contributed by atoms with Crippen LogP contribution >= 0.6 is 0 Å². The molecule has 0 amide bonds. The van der Waals surface area contributed by atoms with Crippen molar-refractivity contribution in [1.82, 2.24) is 5.32 Å². The topological polar surface area (TPSA) is 38.3 Å². The molecule has 0 spiro atoms. The van der Waals surface area contributed by atoms with Gasteiger partial charge in [-0.15, -0.1) is 0 Å². The molecule has 0 aromatic carbocycles. The van der Waals surface area contributed by atoms with Crippen LogP contribution in [0.3, 0.4) is 0 Å². The summed E-state index contributed by atoms with van der Waals surface area (Å²) < 4.78 is 5.21. The third-order valence-electron chi connectivity index (χ3n) is 2.62. The Labute approximate surface area is 71.8 Å². The van der Waals surface area contributed by atoms with Crippen molar-refractivity contribution in [3.05, 3.63) is 11.6 Å². The van der Waals surface area contributed by atoms with Crippen LogP contribution in [0.5, 0.6) is 0 Å². The predicted molar refractivity (Wildman–Crippen MR) is 44.6 cm³/mol. The minimum atomic E-state index is -0.171. The number of hydrogen-bond donors (Lipinski definition) is 1. The van der Waals surface area contributed by atoms with Crippen LogP contribution in [0.1, 0.15) is 13.3 Å². The molecule has 0 radical (unpaired) electrons. The molecule has 0 aromatic rings. The maximum Gasteiger partial charge on any atom is 0.330 e. The number of carbonyl (C=O) groups excluding carboxylic acids is 1. The van der Waals surface area contributed by atoms with Gasteiger partial charge in [-0.2, -0.15) is 0 Å². The number of rotatable bonds is 0. The van der Waals surface area contributed by atoms with Crippen molar-refractivity contribution >= 4 is 5.97 Å². The summed E-state index contributed by atoms with van der Waals surface area (Å²) in [7, 11) is 0. The van der Waals surface area contributed by atoms with Crippen LogP contribution in [0.2, 0.25) is 0 Å². The highest BCUT2D eigenvalue weighted by Gasteiger charge is 2.32. The summed E-state index contributed by atoms with van der Waals surface area (Å²) in [5.41, 5.74) is 1.16. The lowest BCUT2D eigenvalue weighted by atomic mass is 9.87. The molecule has 12 heavy (non-hydrogen) atoms. The van der Waals surface area contributed by atoms with Gasteiger partial charge in [0.1, 0.15) is 6.10 Å². The quantitative estimate of drug-likeness (QED) is 0.533. The lowest BCUT2D eigenvalue weighted by Crippen LogP contribution is -2.44. The first-order chi connectivity index (χ1) is 5.77. The van der Waals surface area contributed by atoms with Crippen molar-refractivity contribution in [3.8, 4) is 0 Å².